The Bertz CT molecular complexity index is 1500. The number of quaternary nitrogens is 1. The molecule has 0 aromatic carbocycles. The van der Waals surface area contributed by atoms with Gasteiger partial charge in [-0.05, 0) is 82.8 Å². The minimum Gasteiger partial charge on any atom is -0.466 e. The number of aryl methyl sites for hydroxylation is 2. The molecule has 1 aromatic heterocycles. The normalized spacial score (nSPS) is 14.6. The van der Waals surface area contributed by atoms with Gasteiger partial charge in [-0.25, -0.2) is 4.57 Å². The Balaban J connectivity index is 2.39. The molecule has 342 valence electrons. The molecule has 0 bridgehead atoms. The van der Waals surface area contributed by atoms with E-state index in [0.717, 1.165) is 75.7 Å². The molecule has 1 heterocycles. The van der Waals surface area contributed by atoms with Crippen molar-refractivity contribution in [1.82, 2.24) is 0 Å². The maximum atomic E-state index is 12.7. The SMILES string of the molecule is CC/C=C\C(O)C/C=C/C=C\C/C=C\C/C=C\CCCC(=O)O[C@H](COC(=O)CCCCCCCCCCc1oc(CCC)c(C)c1C)COP(=O)(O)OCC[N+](C)(C)C. The summed E-state index contributed by atoms with van der Waals surface area (Å²) in [5, 5.41) is 9.78. The van der Waals surface area contributed by atoms with E-state index in [1.165, 1.54) is 30.4 Å². The van der Waals surface area contributed by atoms with Crippen molar-refractivity contribution in [3.63, 3.8) is 0 Å². The van der Waals surface area contributed by atoms with Crippen molar-refractivity contribution in [2.24, 2.45) is 0 Å². The molecule has 0 aliphatic heterocycles. The smallest absolute Gasteiger partial charge is 0.466 e. The molecule has 0 radical (unpaired) electrons. The zero-order valence-corrected chi connectivity index (χ0v) is 39.1. The number of phosphoric acid groups is 1. The summed E-state index contributed by atoms with van der Waals surface area (Å²) in [5.74, 6) is 1.37. The number of aliphatic hydroxyl groups excluding tert-OH is 1. The van der Waals surface area contributed by atoms with Crippen molar-refractivity contribution < 1.29 is 51.6 Å². The average Bonchev–Trinajstić information content (AvgIpc) is 3.45. The van der Waals surface area contributed by atoms with Gasteiger partial charge in [-0.1, -0.05) is 113 Å². The third kappa shape index (κ3) is 30.1. The van der Waals surface area contributed by atoms with Crippen LogP contribution in [0, 0.1) is 13.8 Å². The van der Waals surface area contributed by atoms with Gasteiger partial charge in [0.25, 0.3) is 0 Å². The first-order chi connectivity index (χ1) is 28.7. The van der Waals surface area contributed by atoms with E-state index in [2.05, 4.69) is 32.9 Å². The van der Waals surface area contributed by atoms with Crippen LogP contribution in [0.2, 0.25) is 0 Å². The van der Waals surface area contributed by atoms with Crippen LogP contribution in [0.3, 0.4) is 0 Å². The molecule has 0 aliphatic carbocycles. The number of unbranched alkanes of at least 4 members (excludes halogenated alkanes) is 8. The van der Waals surface area contributed by atoms with E-state index in [1.807, 2.05) is 76.7 Å². The minimum atomic E-state index is -4.42. The molecule has 0 amide bonds. The second kappa shape index (κ2) is 33.6. The lowest BCUT2D eigenvalue weighted by molar-refractivity contribution is -0.870. The van der Waals surface area contributed by atoms with Crippen molar-refractivity contribution >= 4 is 19.8 Å². The van der Waals surface area contributed by atoms with Gasteiger partial charge in [0.2, 0.25) is 0 Å². The number of phosphoric ester groups is 1. The van der Waals surface area contributed by atoms with Crippen LogP contribution in [-0.2, 0) is 45.5 Å². The second-order valence-electron chi connectivity index (χ2n) is 16.5. The molecule has 0 saturated heterocycles. The molecule has 2 unspecified atom stereocenters. The highest BCUT2D eigenvalue weighted by Gasteiger charge is 2.27. The summed E-state index contributed by atoms with van der Waals surface area (Å²) in [6.07, 6.45) is 34.7. The highest BCUT2D eigenvalue weighted by atomic mass is 31.2. The Kier molecular flexibility index (Phi) is 30.7. The number of carbonyl (C=O) groups is 2. The Labute approximate surface area is 363 Å². The molecule has 0 fully saturated rings. The van der Waals surface area contributed by atoms with E-state index < -0.39 is 38.6 Å². The van der Waals surface area contributed by atoms with Gasteiger partial charge in [0, 0.05) is 25.7 Å². The molecular formula is C48H81NO10P+. The summed E-state index contributed by atoms with van der Waals surface area (Å²) in [7, 11) is 1.38. The number of allylic oxidation sites excluding steroid dienone is 8. The maximum Gasteiger partial charge on any atom is 0.472 e. The molecule has 1 rings (SSSR count). The number of hydrogen-bond acceptors (Lipinski definition) is 9. The average molecular weight is 863 g/mol. The molecule has 0 saturated carbocycles. The number of furan rings is 1. The zero-order chi connectivity index (χ0) is 44.5. The number of rotatable bonds is 36. The lowest BCUT2D eigenvalue weighted by Gasteiger charge is -2.24. The lowest BCUT2D eigenvalue weighted by Crippen LogP contribution is -2.37. The van der Waals surface area contributed by atoms with E-state index in [4.69, 9.17) is 22.9 Å². The molecule has 1 aromatic rings. The summed E-state index contributed by atoms with van der Waals surface area (Å²) in [4.78, 5) is 35.5. The standard InChI is InChI=1S/C48H80NO10P/c1-8-10-32-43(50)33-27-23-19-15-13-11-12-14-16-22-26-30-36-48(52)58-44(40-57-60(53,54)56-38-37-49(5,6)7)39-55-47(51)35-29-25-21-18-17-20-24-28-34-46-42(4)41(3)45(59-46)31-9-2/h10-12,15-16,19,22-23,27,32,43-44,50H,8-9,13-14,17-18,20-21,24-26,28-31,33-40H2,1-7H3/p+1/b12-11-,19-15-,22-16-,27-23+,32-10-/t43?,44-/m1/s1. The van der Waals surface area contributed by atoms with Gasteiger partial charge in [-0.15, -0.1) is 0 Å². The molecular weight excluding hydrogens is 781 g/mol. The highest BCUT2D eigenvalue weighted by Crippen LogP contribution is 2.43. The minimum absolute atomic E-state index is 0.00384. The van der Waals surface area contributed by atoms with E-state index in [9.17, 15) is 24.2 Å². The predicted octanol–water partition coefficient (Wildman–Crippen LogP) is 11.1. The van der Waals surface area contributed by atoms with Gasteiger partial charge >= 0.3 is 19.8 Å². The number of likely N-dealkylation sites (N-methyl/N-ethyl adjacent to an activating group) is 1. The Morgan fingerprint density at radius 2 is 1.33 bits per heavy atom. The van der Waals surface area contributed by atoms with E-state index in [1.54, 1.807) is 0 Å². The van der Waals surface area contributed by atoms with Gasteiger partial charge in [0.05, 0.1) is 33.9 Å². The molecule has 3 atom stereocenters. The van der Waals surface area contributed by atoms with E-state index in [-0.39, 0.29) is 26.1 Å². The molecule has 0 aliphatic rings. The van der Waals surface area contributed by atoms with Crippen LogP contribution >= 0.6 is 7.82 Å². The quantitative estimate of drug-likeness (QED) is 0.0167. The Hall–Kier alpha value is -3.05. The van der Waals surface area contributed by atoms with Crippen LogP contribution in [0.4, 0.5) is 0 Å². The van der Waals surface area contributed by atoms with Gasteiger partial charge in [0.15, 0.2) is 6.10 Å². The number of aliphatic hydroxyl groups is 1. The van der Waals surface area contributed by atoms with Crippen LogP contribution in [-0.4, -0.2) is 86.1 Å². The summed E-state index contributed by atoms with van der Waals surface area (Å²) in [6, 6.07) is 0. The fourth-order valence-electron chi connectivity index (χ4n) is 6.06. The molecule has 2 N–H and O–H groups in total. The first-order valence-corrected chi connectivity index (χ1v) is 24.0. The summed E-state index contributed by atoms with van der Waals surface area (Å²) in [5.41, 5.74) is 2.62. The van der Waals surface area contributed by atoms with Crippen molar-refractivity contribution in [1.29, 1.82) is 0 Å². The van der Waals surface area contributed by atoms with Crippen molar-refractivity contribution in [3.05, 3.63) is 83.4 Å². The third-order valence-corrected chi connectivity index (χ3v) is 10.8. The summed E-state index contributed by atoms with van der Waals surface area (Å²) in [6.45, 7) is 8.30. The zero-order valence-electron chi connectivity index (χ0n) is 38.2. The maximum absolute atomic E-state index is 12.7. The number of esters is 2. The topological polar surface area (TPSA) is 142 Å². The monoisotopic (exact) mass is 863 g/mol. The van der Waals surface area contributed by atoms with Gasteiger partial charge in [-0.3, -0.25) is 18.6 Å². The summed E-state index contributed by atoms with van der Waals surface area (Å²) >= 11 is 0. The van der Waals surface area contributed by atoms with Crippen LogP contribution < -0.4 is 0 Å². The third-order valence-electron chi connectivity index (χ3n) is 9.81. The first-order valence-electron chi connectivity index (χ1n) is 22.5. The fraction of sp³-hybridized carbons (Fsp3) is 0.667. The van der Waals surface area contributed by atoms with Gasteiger partial charge < -0.3 is 28.4 Å². The van der Waals surface area contributed by atoms with Gasteiger partial charge in [0.1, 0.15) is 31.3 Å². The Morgan fingerprint density at radius 3 is 2.00 bits per heavy atom. The Morgan fingerprint density at radius 1 is 0.733 bits per heavy atom. The van der Waals surface area contributed by atoms with Crippen LogP contribution in [0.5, 0.6) is 0 Å². The fourth-order valence-corrected chi connectivity index (χ4v) is 6.80. The van der Waals surface area contributed by atoms with Crippen LogP contribution in [0.15, 0.2) is 65.2 Å². The molecule has 11 nitrogen and oxygen atoms in total. The van der Waals surface area contributed by atoms with Crippen molar-refractivity contribution in [2.45, 2.75) is 162 Å². The highest BCUT2D eigenvalue weighted by molar-refractivity contribution is 7.47. The second-order valence-corrected chi connectivity index (χ2v) is 17.9. The largest absolute Gasteiger partial charge is 0.472 e. The van der Waals surface area contributed by atoms with Crippen LogP contribution in [0.1, 0.15) is 146 Å². The predicted molar refractivity (Wildman–Crippen MR) is 243 cm³/mol. The van der Waals surface area contributed by atoms with Crippen molar-refractivity contribution in [3.8, 4) is 0 Å². The van der Waals surface area contributed by atoms with Gasteiger partial charge in [-0.2, -0.15) is 0 Å². The van der Waals surface area contributed by atoms with Crippen LogP contribution in [0.25, 0.3) is 0 Å². The number of carbonyl (C=O) groups excluding carboxylic acids is 2. The van der Waals surface area contributed by atoms with E-state index in [0.29, 0.717) is 36.7 Å². The summed E-state index contributed by atoms with van der Waals surface area (Å²) < 4.78 is 40.4. The first kappa shape index (κ1) is 55.0. The number of nitrogens with zero attached hydrogens (tertiary/aromatic N) is 1. The molecule has 12 heteroatoms. The number of hydrogen-bond donors (Lipinski definition) is 2. The van der Waals surface area contributed by atoms with E-state index >= 15 is 0 Å². The number of ether oxygens (including phenoxy) is 2. The molecule has 60 heavy (non-hydrogen) atoms. The lowest BCUT2D eigenvalue weighted by atomic mass is 10.0. The van der Waals surface area contributed by atoms with Crippen molar-refractivity contribution in [2.75, 3.05) is 47.5 Å². The molecule has 0 spiro atoms.